The molecular formula is C15H18F2N2O2. The number of piperazine rings is 1. The summed E-state index contributed by atoms with van der Waals surface area (Å²) < 4.78 is 26.5. The number of benzene rings is 1. The maximum absolute atomic E-state index is 13.4. The zero-order valence-corrected chi connectivity index (χ0v) is 12.2. The van der Waals surface area contributed by atoms with E-state index in [1.54, 1.807) is 20.8 Å². The molecule has 1 unspecified atom stereocenters. The Morgan fingerprint density at radius 2 is 1.81 bits per heavy atom. The van der Waals surface area contributed by atoms with Crippen LogP contribution in [0.25, 0.3) is 0 Å². The van der Waals surface area contributed by atoms with E-state index >= 15 is 0 Å². The van der Waals surface area contributed by atoms with Crippen LogP contribution in [-0.2, 0) is 9.59 Å². The van der Waals surface area contributed by atoms with E-state index in [0.717, 1.165) is 12.1 Å². The van der Waals surface area contributed by atoms with Crippen molar-refractivity contribution >= 4 is 17.5 Å². The molecule has 0 radical (unpaired) electrons. The molecule has 21 heavy (non-hydrogen) atoms. The Morgan fingerprint density at radius 3 is 2.33 bits per heavy atom. The summed E-state index contributed by atoms with van der Waals surface area (Å²) in [5.74, 6) is -2.64. The first-order chi connectivity index (χ1) is 9.86. The third-order valence-electron chi connectivity index (χ3n) is 4.15. The highest BCUT2D eigenvalue weighted by Crippen LogP contribution is 2.30. The molecule has 1 N–H and O–H groups in total. The number of nitrogens with one attached hydrogen (secondary N) is 1. The quantitative estimate of drug-likeness (QED) is 0.931. The molecule has 4 nitrogen and oxygen atoms in total. The monoisotopic (exact) mass is 296 g/mol. The van der Waals surface area contributed by atoms with Gasteiger partial charge in [-0.05, 0) is 31.9 Å². The molecule has 0 spiro atoms. The number of rotatable bonds is 3. The zero-order chi connectivity index (χ0) is 15.8. The van der Waals surface area contributed by atoms with Crippen molar-refractivity contribution in [3.63, 3.8) is 0 Å². The molecule has 114 valence electrons. The fraction of sp³-hybridized carbons (Fsp3) is 0.467. The molecule has 1 heterocycles. The van der Waals surface area contributed by atoms with Crippen molar-refractivity contribution in [2.75, 3.05) is 4.90 Å². The Hall–Kier alpha value is -1.98. The first-order valence-electron chi connectivity index (χ1n) is 6.97. The highest BCUT2D eigenvalue weighted by Gasteiger charge is 2.48. The van der Waals surface area contributed by atoms with Gasteiger partial charge in [0.05, 0.1) is 0 Å². The van der Waals surface area contributed by atoms with Crippen molar-refractivity contribution in [2.24, 2.45) is 0 Å². The lowest BCUT2D eigenvalue weighted by Gasteiger charge is -2.44. The van der Waals surface area contributed by atoms with Crippen LogP contribution < -0.4 is 10.2 Å². The molecule has 1 aromatic rings. The van der Waals surface area contributed by atoms with Gasteiger partial charge in [0.15, 0.2) is 11.6 Å². The van der Waals surface area contributed by atoms with Gasteiger partial charge in [-0.2, -0.15) is 0 Å². The summed E-state index contributed by atoms with van der Waals surface area (Å²) >= 11 is 0. The first kappa shape index (κ1) is 15.4. The van der Waals surface area contributed by atoms with E-state index in [1.807, 2.05) is 0 Å². The largest absolute Gasteiger partial charge is 0.340 e. The molecule has 0 bridgehead atoms. The zero-order valence-electron chi connectivity index (χ0n) is 12.2. The molecular weight excluding hydrogens is 278 g/mol. The van der Waals surface area contributed by atoms with Crippen LogP contribution in [0.1, 0.15) is 33.6 Å². The number of carbonyl (C=O) groups excluding carboxylic acids is 2. The molecule has 1 aliphatic heterocycles. The number of hydrogen-bond acceptors (Lipinski definition) is 2. The molecule has 0 aliphatic carbocycles. The van der Waals surface area contributed by atoms with Crippen molar-refractivity contribution in [3.8, 4) is 0 Å². The third kappa shape index (κ3) is 2.39. The molecule has 1 atom stereocenters. The van der Waals surface area contributed by atoms with Crippen LogP contribution >= 0.6 is 0 Å². The highest BCUT2D eigenvalue weighted by molar-refractivity contribution is 6.10. The number of halogens is 2. The number of carbonyl (C=O) groups is 2. The smallest absolute Gasteiger partial charge is 0.253 e. The van der Waals surface area contributed by atoms with Gasteiger partial charge in [-0.15, -0.1) is 0 Å². The van der Waals surface area contributed by atoms with E-state index in [0.29, 0.717) is 12.8 Å². The van der Waals surface area contributed by atoms with Crippen LogP contribution in [0.4, 0.5) is 14.5 Å². The maximum Gasteiger partial charge on any atom is 0.253 e. The van der Waals surface area contributed by atoms with Crippen molar-refractivity contribution < 1.29 is 18.4 Å². The first-order valence-corrected chi connectivity index (χ1v) is 6.97. The summed E-state index contributed by atoms with van der Waals surface area (Å²) in [5, 5.41) is 2.76. The summed E-state index contributed by atoms with van der Waals surface area (Å²) in [7, 11) is 0. The van der Waals surface area contributed by atoms with E-state index in [-0.39, 0.29) is 17.5 Å². The van der Waals surface area contributed by atoms with Crippen LogP contribution in [0.15, 0.2) is 18.2 Å². The minimum absolute atomic E-state index is 0.188. The molecule has 6 heteroatoms. The second-order valence-electron chi connectivity index (χ2n) is 5.23. The molecule has 1 saturated heterocycles. The second-order valence-corrected chi connectivity index (χ2v) is 5.23. The third-order valence-corrected chi connectivity index (χ3v) is 4.15. The molecule has 0 saturated carbocycles. The fourth-order valence-corrected chi connectivity index (χ4v) is 2.62. The summed E-state index contributed by atoms with van der Waals surface area (Å²) in [6.07, 6.45) is 0.863. The highest BCUT2D eigenvalue weighted by atomic mass is 19.2. The van der Waals surface area contributed by atoms with E-state index in [1.165, 1.54) is 11.0 Å². The number of hydrogen-bond donors (Lipinski definition) is 1. The summed E-state index contributed by atoms with van der Waals surface area (Å²) in [6, 6.07) is 2.44. The summed E-state index contributed by atoms with van der Waals surface area (Å²) in [4.78, 5) is 26.1. The van der Waals surface area contributed by atoms with Crippen molar-refractivity contribution in [2.45, 2.75) is 45.2 Å². The molecule has 2 amide bonds. The standard InChI is InChI=1S/C15H18F2N2O2/c1-4-15(5-2)14(21)19(9(3)13(20)18-15)10-6-7-11(16)12(17)8-10/h6-9H,4-5H2,1-3H3,(H,18,20). The van der Waals surface area contributed by atoms with Crippen molar-refractivity contribution in [1.82, 2.24) is 5.32 Å². The lowest BCUT2D eigenvalue weighted by atomic mass is 9.87. The van der Waals surface area contributed by atoms with E-state index in [4.69, 9.17) is 0 Å². The van der Waals surface area contributed by atoms with Crippen LogP contribution in [0.3, 0.4) is 0 Å². The summed E-state index contributed by atoms with van der Waals surface area (Å²) in [6.45, 7) is 5.17. The lowest BCUT2D eigenvalue weighted by Crippen LogP contribution is -2.69. The number of amides is 2. The van der Waals surface area contributed by atoms with Crippen LogP contribution in [-0.4, -0.2) is 23.4 Å². The molecule has 1 aliphatic rings. The second kappa shape index (κ2) is 5.42. The minimum Gasteiger partial charge on any atom is -0.340 e. The predicted octanol–water partition coefficient (Wildman–Crippen LogP) is 2.37. The van der Waals surface area contributed by atoms with Gasteiger partial charge >= 0.3 is 0 Å². The van der Waals surface area contributed by atoms with Crippen LogP contribution in [0, 0.1) is 11.6 Å². The van der Waals surface area contributed by atoms with Gasteiger partial charge in [0.1, 0.15) is 11.6 Å². The average molecular weight is 296 g/mol. The Labute approximate surface area is 122 Å². The predicted molar refractivity (Wildman–Crippen MR) is 74.8 cm³/mol. The average Bonchev–Trinajstić information content (AvgIpc) is 2.47. The number of nitrogens with zero attached hydrogens (tertiary/aromatic N) is 1. The van der Waals surface area contributed by atoms with Gasteiger partial charge < -0.3 is 5.32 Å². The molecule has 1 fully saturated rings. The van der Waals surface area contributed by atoms with Gasteiger partial charge in [0, 0.05) is 11.8 Å². The minimum atomic E-state index is -1.04. The number of anilines is 1. The Morgan fingerprint density at radius 1 is 1.19 bits per heavy atom. The van der Waals surface area contributed by atoms with Crippen LogP contribution in [0.5, 0.6) is 0 Å². The van der Waals surface area contributed by atoms with Gasteiger partial charge in [-0.3, -0.25) is 14.5 Å². The van der Waals surface area contributed by atoms with E-state index < -0.39 is 23.2 Å². The van der Waals surface area contributed by atoms with E-state index in [9.17, 15) is 18.4 Å². The fourth-order valence-electron chi connectivity index (χ4n) is 2.62. The van der Waals surface area contributed by atoms with Crippen molar-refractivity contribution in [3.05, 3.63) is 29.8 Å². The van der Waals surface area contributed by atoms with Gasteiger partial charge in [-0.25, -0.2) is 8.78 Å². The SMILES string of the molecule is CCC1(CC)NC(=O)C(C)N(c2ccc(F)c(F)c2)C1=O. The Kier molecular flexibility index (Phi) is 3.98. The van der Waals surface area contributed by atoms with Gasteiger partial charge in [0.2, 0.25) is 5.91 Å². The van der Waals surface area contributed by atoms with Crippen LogP contribution in [0.2, 0.25) is 0 Å². The maximum atomic E-state index is 13.4. The Bertz CT molecular complexity index is 585. The molecule has 2 rings (SSSR count). The molecule has 1 aromatic carbocycles. The van der Waals surface area contributed by atoms with Gasteiger partial charge in [-0.1, -0.05) is 13.8 Å². The lowest BCUT2D eigenvalue weighted by molar-refractivity contribution is -0.138. The van der Waals surface area contributed by atoms with Crippen molar-refractivity contribution in [1.29, 1.82) is 0 Å². The summed E-state index contributed by atoms with van der Waals surface area (Å²) in [5.41, 5.74) is -0.804. The Balaban J connectivity index is 2.50. The topological polar surface area (TPSA) is 49.4 Å². The van der Waals surface area contributed by atoms with E-state index in [2.05, 4.69) is 5.32 Å². The normalized spacial score (nSPS) is 21.4. The van der Waals surface area contributed by atoms with Gasteiger partial charge in [0.25, 0.3) is 5.91 Å². The molecule has 0 aromatic heterocycles.